The molecule has 0 unspecified atom stereocenters. The Balaban J connectivity index is 1.74. The molecule has 0 fully saturated rings. The van der Waals surface area contributed by atoms with Crippen molar-refractivity contribution in [2.75, 3.05) is 0 Å². The number of aromatic nitrogens is 2. The topological polar surface area (TPSA) is 93.2 Å². The van der Waals surface area contributed by atoms with Gasteiger partial charge in [-0.25, -0.2) is 4.98 Å². The molecule has 0 spiro atoms. The van der Waals surface area contributed by atoms with Crippen molar-refractivity contribution in [3.63, 3.8) is 0 Å². The zero-order chi connectivity index (χ0) is 25.4. The van der Waals surface area contributed by atoms with Crippen molar-refractivity contribution in [2.24, 2.45) is 0 Å². The van der Waals surface area contributed by atoms with Crippen LogP contribution in [0.3, 0.4) is 0 Å². The highest BCUT2D eigenvalue weighted by molar-refractivity contribution is 8.03. The van der Waals surface area contributed by atoms with Gasteiger partial charge < -0.3 is 15.4 Å². The molecule has 3 rings (SSSR count). The van der Waals surface area contributed by atoms with E-state index in [0.717, 1.165) is 11.8 Å². The van der Waals surface area contributed by atoms with Crippen molar-refractivity contribution in [1.82, 2.24) is 20.6 Å². The van der Waals surface area contributed by atoms with Gasteiger partial charge in [-0.1, -0.05) is 94.4 Å². The number of carbonyl (C=O) groups is 2. The molecule has 35 heavy (non-hydrogen) atoms. The van der Waals surface area contributed by atoms with Crippen LogP contribution in [0.1, 0.15) is 20.7 Å². The number of hydrogen-bond donors (Lipinski definition) is 2. The molecule has 2 N–H and O–H groups in total. The van der Waals surface area contributed by atoms with Crippen molar-refractivity contribution in [1.29, 1.82) is 0 Å². The number of thioether (sulfide) groups is 1. The van der Waals surface area contributed by atoms with Gasteiger partial charge in [0.15, 0.2) is 5.16 Å². The first-order chi connectivity index (χ1) is 16.6. The molecule has 0 saturated carbocycles. The quantitative estimate of drug-likeness (QED) is 0.142. The third-order valence-electron chi connectivity index (χ3n) is 4.07. The Morgan fingerprint density at radius 1 is 0.886 bits per heavy atom. The lowest BCUT2D eigenvalue weighted by Gasteiger charge is -2.25. The maximum atomic E-state index is 12.5. The second kappa shape index (κ2) is 12.7. The van der Waals surface area contributed by atoms with Crippen molar-refractivity contribution < 1.29 is 14.3 Å². The summed E-state index contributed by atoms with van der Waals surface area (Å²) in [6.07, 6.45) is -0.0184. The Hall–Kier alpha value is -2.20. The molecular weight excluding hydrogens is 578 g/mol. The van der Waals surface area contributed by atoms with Gasteiger partial charge in [-0.15, -0.1) is 0 Å². The number of rotatable bonds is 8. The number of nitrogens with zero attached hydrogens (tertiary/aromatic N) is 2. The molecule has 0 aliphatic carbocycles. The predicted molar refractivity (Wildman–Crippen MR) is 139 cm³/mol. The number of benzene rings is 2. The normalized spacial score (nSPS) is 11.8. The first kappa shape index (κ1) is 27.4. The van der Waals surface area contributed by atoms with E-state index in [2.05, 4.69) is 20.6 Å². The first-order valence-electron chi connectivity index (χ1n) is 9.65. The first-order valence-corrected chi connectivity index (χ1v) is 12.4. The van der Waals surface area contributed by atoms with Crippen molar-refractivity contribution in [3.8, 4) is 5.88 Å². The summed E-state index contributed by atoms with van der Waals surface area (Å²) in [4.78, 5) is 33.3. The summed E-state index contributed by atoms with van der Waals surface area (Å²) in [5.41, 5.74) is 0.743. The van der Waals surface area contributed by atoms with Crippen molar-refractivity contribution in [2.45, 2.75) is 15.2 Å². The number of ether oxygens (including phenoxy) is 1. The minimum absolute atomic E-state index is 0.0217. The lowest BCUT2D eigenvalue weighted by Crippen LogP contribution is -2.48. The lowest BCUT2D eigenvalue weighted by atomic mass is 10.2. The van der Waals surface area contributed by atoms with E-state index in [1.165, 1.54) is 12.3 Å². The molecule has 0 aliphatic heterocycles. The van der Waals surface area contributed by atoms with Crippen LogP contribution in [0.5, 0.6) is 5.88 Å². The molecule has 0 aliphatic rings. The third kappa shape index (κ3) is 8.45. The van der Waals surface area contributed by atoms with E-state index in [9.17, 15) is 9.59 Å². The fourth-order valence-electron chi connectivity index (χ4n) is 2.50. The van der Waals surface area contributed by atoms with E-state index in [4.69, 9.17) is 62.7 Å². The summed E-state index contributed by atoms with van der Waals surface area (Å²) >= 11 is 30.8. The lowest BCUT2D eigenvalue weighted by molar-refractivity contribution is 0.0824. The standard InChI is InChI=1S/C22H15Cl5N4O3S/c23-16(24)19(30-17(32)13-7-3-1-4-8-13)35-21-28-12-11-15(29-21)34-20(22(25,26)27)31-18(33)14-9-5-2-6-10-14/h1-12,20H,(H,30,32)(H,31,33)/t20-/m0/s1. The van der Waals surface area contributed by atoms with Crippen molar-refractivity contribution in [3.05, 3.63) is 93.6 Å². The SMILES string of the molecule is O=C(NC(Sc1nccc(O[C@H](NC(=O)c2ccccc2)C(Cl)(Cl)Cl)n1)=C(Cl)Cl)c1ccccc1. The second-order valence-corrected chi connectivity index (χ2v) is 10.9. The van der Waals surface area contributed by atoms with E-state index in [1.54, 1.807) is 60.7 Å². The summed E-state index contributed by atoms with van der Waals surface area (Å²) < 4.78 is 3.41. The average Bonchev–Trinajstić information content (AvgIpc) is 2.84. The molecule has 1 heterocycles. The van der Waals surface area contributed by atoms with Gasteiger partial charge in [0.25, 0.3) is 11.8 Å². The highest BCUT2D eigenvalue weighted by Crippen LogP contribution is 2.33. The second-order valence-electron chi connectivity index (χ2n) is 6.57. The Labute approximate surface area is 230 Å². The van der Waals surface area contributed by atoms with Crippen LogP contribution in [0.25, 0.3) is 0 Å². The van der Waals surface area contributed by atoms with Gasteiger partial charge in [0, 0.05) is 23.4 Å². The summed E-state index contributed by atoms with van der Waals surface area (Å²) in [6.45, 7) is 0. The average molecular weight is 593 g/mol. The maximum Gasteiger partial charge on any atom is 0.256 e. The zero-order valence-corrected chi connectivity index (χ0v) is 22.0. The molecule has 0 radical (unpaired) electrons. The van der Waals surface area contributed by atoms with Gasteiger partial charge in [-0.3, -0.25) is 9.59 Å². The van der Waals surface area contributed by atoms with Gasteiger partial charge in [0.2, 0.25) is 15.9 Å². The molecule has 1 aromatic heterocycles. The van der Waals surface area contributed by atoms with Gasteiger partial charge >= 0.3 is 0 Å². The van der Waals surface area contributed by atoms with Gasteiger partial charge in [-0.05, 0) is 36.0 Å². The Bertz CT molecular complexity index is 1210. The van der Waals surface area contributed by atoms with Crippen LogP contribution in [0.4, 0.5) is 0 Å². The molecule has 2 aromatic carbocycles. The summed E-state index contributed by atoms with van der Waals surface area (Å²) in [5.74, 6) is -0.973. The molecular formula is C22H15Cl5N4O3S. The molecule has 0 bridgehead atoms. The molecule has 1 atom stereocenters. The molecule has 2 amide bonds. The minimum Gasteiger partial charge on any atom is -0.449 e. The zero-order valence-electron chi connectivity index (χ0n) is 17.4. The molecule has 182 valence electrons. The van der Waals surface area contributed by atoms with Crippen LogP contribution in [-0.4, -0.2) is 31.8 Å². The number of hydrogen-bond acceptors (Lipinski definition) is 6. The molecule has 0 saturated heterocycles. The van der Waals surface area contributed by atoms with Crippen LogP contribution in [0.15, 0.2) is 87.6 Å². The largest absolute Gasteiger partial charge is 0.449 e. The van der Waals surface area contributed by atoms with Gasteiger partial charge in [0.05, 0.1) is 0 Å². The van der Waals surface area contributed by atoms with Crippen LogP contribution in [-0.2, 0) is 0 Å². The van der Waals surface area contributed by atoms with E-state index in [-0.39, 0.29) is 20.6 Å². The Morgan fingerprint density at radius 2 is 1.46 bits per heavy atom. The number of nitrogens with one attached hydrogen (secondary N) is 2. The number of halogens is 5. The van der Waals surface area contributed by atoms with Crippen LogP contribution >= 0.6 is 69.8 Å². The molecule has 13 heteroatoms. The monoisotopic (exact) mass is 590 g/mol. The fraction of sp³-hybridized carbons (Fsp3) is 0.0909. The van der Waals surface area contributed by atoms with E-state index >= 15 is 0 Å². The smallest absolute Gasteiger partial charge is 0.256 e. The molecule has 7 nitrogen and oxygen atoms in total. The Morgan fingerprint density at radius 3 is 2.00 bits per heavy atom. The Kier molecular flexibility index (Phi) is 9.91. The minimum atomic E-state index is -2.03. The third-order valence-corrected chi connectivity index (χ3v) is 6.16. The number of amides is 2. The summed E-state index contributed by atoms with van der Waals surface area (Å²) in [5, 5.41) is 5.33. The highest BCUT2D eigenvalue weighted by atomic mass is 35.6. The summed E-state index contributed by atoms with van der Waals surface area (Å²) in [7, 11) is 0. The van der Waals surface area contributed by atoms with E-state index in [0.29, 0.717) is 11.1 Å². The van der Waals surface area contributed by atoms with Crippen molar-refractivity contribution >= 4 is 81.6 Å². The predicted octanol–water partition coefficient (Wildman–Crippen LogP) is 6.11. The molecule has 3 aromatic rings. The van der Waals surface area contributed by atoms with Crippen LogP contribution in [0, 0.1) is 0 Å². The van der Waals surface area contributed by atoms with Crippen LogP contribution < -0.4 is 15.4 Å². The van der Waals surface area contributed by atoms with E-state index < -0.39 is 21.8 Å². The number of carbonyl (C=O) groups excluding carboxylic acids is 2. The van der Waals surface area contributed by atoms with Gasteiger partial charge in [0.1, 0.15) is 9.52 Å². The highest BCUT2D eigenvalue weighted by Gasteiger charge is 2.37. The number of alkyl halides is 3. The fourth-order valence-corrected chi connectivity index (χ4v) is 3.77. The summed E-state index contributed by atoms with van der Waals surface area (Å²) in [6, 6.07) is 18.2. The maximum absolute atomic E-state index is 12.5. The van der Waals surface area contributed by atoms with Crippen LogP contribution in [0.2, 0.25) is 0 Å². The van der Waals surface area contributed by atoms with Gasteiger partial charge in [-0.2, -0.15) is 4.98 Å². The van der Waals surface area contributed by atoms with E-state index in [1.807, 2.05) is 0 Å².